The molecule has 7 heteroatoms. The minimum absolute atomic E-state index is 0.145. The first kappa shape index (κ1) is 21.8. The zero-order valence-corrected chi connectivity index (χ0v) is 19.7. The van der Waals surface area contributed by atoms with E-state index in [1.54, 1.807) is 0 Å². The molecule has 5 heterocycles. The molecular formula is C27H32N4O3. The van der Waals surface area contributed by atoms with E-state index in [1.165, 1.54) is 27.8 Å². The van der Waals surface area contributed by atoms with Crippen molar-refractivity contribution >= 4 is 16.9 Å². The van der Waals surface area contributed by atoms with E-state index in [2.05, 4.69) is 40.4 Å². The number of nitrogens with zero attached hydrogens (tertiary/aromatic N) is 2. The van der Waals surface area contributed by atoms with Crippen LogP contribution in [0.2, 0.25) is 0 Å². The Balaban J connectivity index is 1.38. The lowest BCUT2D eigenvalue weighted by atomic mass is 9.85. The van der Waals surface area contributed by atoms with Crippen molar-refractivity contribution in [3.05, 3.63) is 52.8 Å². The monoisotopic (exact) mass is 460 g/mol. The third kappa shape index (κ3) is 3.72. The van der Waals surface area contributed by atoms with Gasteiger partial charge in [0.15, 0.2) is 0 Å². The van der Waals surface area contributed by atoms with Crippen molar-refractivity contribution < 1.29 is 14.6 Å². The summed E-state index contributed by atoms with van der Waals surface area (Å²) in [5.41, 5.74) is 6.94. The molecule has 178 valence electrons. The van der Waals surface area contributed by atoms with Gasteiger partial charge in [-0.25, -0.2) is 4.98 Å². The highest BCUT2D eigenvalue weighted by molar-refractivity contribution is 5.86. The summed E-state index contributed by atoms with van der Waals surface area (Å²) in [4.78, 5) is 23.1. The quantitative estimate of drug-likeness (QED) is 0.558. The van der Waals surface area contributed by atoms with Gasteiger partial charge in [0.25, 0.3) is 5.91 Å². The van der Waals surface area contributed by atoms with E-state index in [-0.39, 0.29) is 5.91 Å². The molecular weight excluding hydrogens is 428 g/mol. The Hall–Kier alpha value is -2.74. The van der Waals surface area contributed by atoms with E-state index in [9.17, 15) is 9.90 Å². The molecule has 0 aliphatic carbocycles. The average molecular weight is 461 g/mol. The van der Waals surface area contributed by atoms with Crippen LogP contribution in [0.25, 0.3) is 22.2 Å². The molecule has 3 N–H and O–H groups in total. The number of rotatable bonds is 3. The molecule has 3 aliphatic rings. The highest BCUT2D eigenvalue weighted by Gasteiger charge is 2.41. The van der Waals surface area contributed by atoms with Crippen molar-refractivity contribution in [2.75, 3.05) is 26.3 Å². The Bertz CT molecular complexity index is 1240. The van der Waals surface area contributed by atoms with Crippen molar-refractivity contribution in [2.45, 2.75) is 57.2 Å². The molecule has 1 atom stereocenters. The van der Waals surface area contributed by atoms with E-state index in [0.717, 1.165) is 42.4 Å². The number of carbonyl (C=O) groups excluding carboxylic acids is 1. The zero-order chi connectivity index (χ0) is 23.3. The fraction of sp³-hybridized carbons (Fsp3) is 0.481. The summed E-state index contributed by atoms with van der Waals surface area (Å²) in [6.45, 7) is 5.17. The summed E-state index contributed by atoms with van der Waals surface area (Å²) in [7, 11) is 0. The first-order valence-corrected chi connectivity index (χ1v) is 12.4. The molecule has 6 rings (SSSR count). The molecule has 0 radical (unpaired) electrons. The number of aromatic nitrogens is 2. The number of hydrogen-bond donors (Lipinski definition) is 3. The Labute approximate surface area is 199 Å². The van der Waals surface area contributed by atoms with Crippen LogP contribution in [-0.2, 0) is 22.5 Å². The van der Waals surface area contributed by atoms with E-state index in [1.807, 2.05) is 17.3 Å². The van der Waals surface area contributed by atoms with Gasteiger partial charge >= 0.3 is 0 Å². The number of benzene rings is 1. The third-order valence-corrected chi connectivity index (χ3v) is 7.89. The minimum Gasteiger partial charge on any atom is -0.381 e. The van der Waals surface area contributed by atoms with Gasteiger partial charge < -0.3 is 25.0 Å². The minimum atomic E-state index is -1.29. The second-order valence-electron chi connectivity index (χ2n) is 10.1. The smallest absolute Gasteiger partial charge is 0.255 e. The number of nitrogens with one attached hydrogen (secondary N) is 2. The van der Waals surface area contributed by atoms with Crippen LogP contribution >= 0.6 is 0 Å². The number of ether oxygens (including phenoxy) is 1. The van der Waals surface area contributed by atoms with Crippen molar-refractivity contribution in [1.82, 2.24) is 20.2 Å². The van der Waals surface area contributed by atoms with Gasteiger partial charge in [0, 0.05) is 68.5 Å². The first-order chi connectivity index (χ1) is 16.5. The normalized spacial score (nSPS) is 22.2. The molecule has 1 aromatic carbocycles. The molecule has 7 nitrogen and oxygen atoms in total. The highest BCUT2D eigenvalue weighted by Crippen LogP contribution is 2.37. The van der Waals surface area contributed by atoms with Crippen LogP contribution in [0, 0.1) is 6.92 Å². The number of aromatic amines is 1. The summed E-state index contributed by atoms with van der Waals surface area (Å²) < 4.78 is 5.38. The molecule has 0 unspecified atom stereocenters. The van der Waals surface area contributed by atoms with E-state index < -0.39 is 5.60 Å². The maximum Gasteiger partial charge on any atom is 0.255 e. The number of aryl methyl sites for hydroxylation is 1. The van der Waals surface area contributed by atoms with Crippen molar-refractivity contribution in [3.63, 3.8) is 0 Å². The van der Waals surface area contributed by atoms with Crippen molar-refractivity contribution in [3.8, 4) is 11.1 Å². The molecule has 0 spiro atoms. The predicted octanol–water partition coefficient (Wildman–Crippen LogP) is 3.39. The summed E-state index contributed by atoms with van der Waals surface area (Å²) in [6.07, 6.45) is 7.74. The lowest BCUT2D eigenvalue weighted by Crippen LogP contribution is -2.53. The number of H-pyrrole nitrogens is 1. The Morgan fingerprint density at radius 3 is 2.88 bits per heavy atom. The van der Waals surface area contributed by atoms with E-state index in [0.29, 0.717) is 45.2 Å². The van der Waals surface area contributed by atoms with Crippen LogP contribution < -0.4 is 5.32 Å². The van der Waals surface area contributed by atoms with Gasteiger partial charge in [-0.3, -0.25) is 4.79 Å². The molecule has 34 heavy (non-hydrogen) atoms. The fourth-order valence-electron chi connectivity index (χ4n) is 5.81. The van der Waals surface area contributed by atoms with Gasteiger partial charge in [0.1, 0.15) is 11.2 Å². The molecule has 2 saturated heterocycles. The first-order valence-electron chi connectivity index (χ1n) is 12.4. The fourth-order valence-corrected chi connectivity index (χ4v) is 5.81. The summed E-state index contributed by atoms with van der Waals surface area (Å²) in [5.74, 6) is -0.145. The second-order valence-corrected chi connectivity index (χ2v) is 10.1. The topological polar surface area (TPSA) is 90.5 Å². The van der Waals surface area contributed by atoms with E-state index >= 15 is 0 Å². The van der Waals surface area contributed by atoms with Gasteiger partial charge in [0.05, 0.1) is 0 Å². The number of aliphatic hydroxyl groups is 1. The lowest BCUT2D eigenvalue weighted by molar-refractivity contribution is -0.161. The van der Waals surface area contributed by atoms with Gasteiger partial charge in [0.2, 0.25) is 0 Å². The Kier molecular flexibility index (Phi) is 5.43. The van der Waals surface area contributed by atoms with Gasteiger partial charge in [-0.15, -0.1) is 0 Å². The van der Waals surface area contributed by atoms with Crippen LogP contribution in [-0.4, -0.2) is 57.8 Å². The van der Waals surface area contributed by atoms with Crippen LogP contribution in [0.4, 0.5) is 0 Å². The van der Waals surface area contributed by atoms with Gasteiger partial charge in [-0.05, 0) is 72.7 Å². The summed E-state index contributed by atoms with van der Waals surface area (Å²) in [6, 6.07) is 7.09. The standard InChI is InChI=1S/C27H32N4O3/c1-17-14-29-25-21(17)13-20(15-30-25)19-11-18-4-8-31(26(32)27(33)5-9-34-10-6-27)16-23(18)22(12-19)24-3-2-7-28-24/h11-15,24,28,33H,2-10,16H2,1H3,(H,29,30)/t24-/m0/s1. The predicted molar refractivity (Wildman–Crippen MR) is 130 cm³/mol. The molecule has 2 fully saturated rings. The summed E-state index contributed by atoms with van der Waals surface area (Å²) >= 11 is 0. The van der Waals surface area contributed by atoms with Crippen LogP contribution in [0.5, 0.6) is 0 Å². The van der Waals surface area contributed by atoms with Crippen molar-refractivity contribution in [1.29, 1.82) is 0 Å². The molecule has 2 aromatic heterocycles. The number of carbonyl (C=O) groups is 1. The largest absolute Gasteiger partial charge is 0.381 e. The maximum atomic E-state index is 13.3. The highest BCUT2D eigenvalue weighted by atomic mass is 16.5. The van der Waals surface area contributed by atoms with E-state index in [4.69, 9.17) is 4.74 Å². The molecule has 1 amide bonds. The number of pyridine rings is 1. The number of fused-ring (bicyclic) bond motifs is 2. The molecule has 3 aliphatic heterocycles. The van der Waals surface area contributed by atoms with Crippen LogP contribution in [0.1, 0.15) is 54.0 Å². The van der Waals surface area contributed by atoms with Crippen LogP contribution in [0.3, 0.4) is 0 Å². The zero-order valence-electron chi connectivity index (χ0n) is 19.7. The Morgan fingerprint density at radius 2 is 2.09 bits per heavy atom. The number of hydrogen-bond acceptors (Lipinski definition) is 5. The SMILES string of the molecule is Cc1c[nH]c2ncc(-c3cc4c(c([C@@H]5CCCN5)c3)CN(C(=O)C3(O)CCOCC3)CC4)cc12. The Morgan fingerprint density at radius 1 is 1.24 bits per heavy atom. The second kappa shape index (κ2) is 8.48. The molecule has 3 aromatic rings. The third-order valence-electron chi connectivity index (χ3n) is 7.89. The van der Waals surface area contributed by atoms with Gasteiger partial charge in [-0.1, -0.05) is 6.07 Å². The summed E-state index contributed by atoms with van der Waals surface area (Å²) in [5, 5.41) is 15.8. The van der Waals surface area contributed by atoms with Crippen molar-refractivity contribution in [2.24, 2.45) is 0 Å². The molecule has 0 bridgehead atoms. The average Bonchev–Trinajstić information content (AvgIpc) is 3.53. The van der Waals surface area contributed by atoms with Gasteiger partial charge in [-0.2, -0.15) is 0 Å². The number of amides is 1. The maximum absolute atomic E-state index is 13.3. The van der Waals surface area contributed by atoms with Crippen LogP contribution in [0.15, 0.2) is 30.6 Å². The molecule has 0 saturated carbocycles. The lowest BCUT2D eigenvalue weighted by Gasteiger charge is -2.39.